The highest BCUT2D eigenvalue weighted by atomic mass is 32.2. The van der Waals surface area contributed by atoms with Crippen LogP contribution in [0.1, 0.15) is 20.8 Å². The molecule has 0 aliphatic heterocycles. The van der Waals surface area contributed by atoms with Crippen LogP contribution in [-0.2, 0) is 4.74 Å². The van der Waals surface area contributed by atoms with Crippen molar-refractivity contribution >= 4 is 29.6 Å². The van der Waals surface area contributed by atoms with Crippen molar-refractivity contribution in [3.8, 4) is 0 Å². The lowest BCUT2D eigenvalue weighted by atomic mass is 10.2. The van der Waals surface area contributed by atoms with Crippen LogP contribution >= 0.6 is 11.8 Å². The third kappa shape index (κ3) is 8.04. The van der Waals surface area contributed by atoms with E-state index in [2.05, 4.69) is 16.0 Å². The first-order valence-electron chi connectivity index (χ1n) is 8.67. The van der Waals surface area contributed by atoms with Gasteiger partial charge in [0.2, 0.25) is 0 Å². The molecule has 0 aliphatic rings. The molecule has 2 rings (SSSR count). The van der Waals surface area contributed by atoms with Crippen molar-refractivity contribution in [1.82, 2.24) is 10.6 Å². The Labute approximate surface area is 164 Å². The fourth-order valence-corrected chi connectivity index (χ4v) is 3.02. The largest absolute Gasteiger partial charge is 0.444 e. The number of ether oxygens (including phenoxy) is 1. The van der Waals surface area contributed by atoms with Crippen LogP contribution in [0.5, 0.6) is 0 Å². The number of carbonyl (C=O) groups is 2. The van der Waals surface area contributed by atoms with E-state index in [-0.39, 0.29) is 12.6 Å². The van der Waals surface area contributed by atoms with Gasteiger partial charge in [-0.1, -0.05) is 42.1 Å². The zero-order chi connectivity index (χ0) is 19.7. The number of benzene rings is 2. The molecule has 27 heavy (non-hydrogen) atoms. The number of amides is 3. The van der Waals surface area contributed by atoms with E-state index in [1.54, 1.807) is 32.5 Å². The van der Waals surface area contributed by atoms with Crippen LogP contribution in [0.4, 0.5) is 15.3 Å². The molecule has 3 N–H and O–H groups in total. The molecule has 0 saturated carbocycles. The average Bonchev–Trinajstić information content (AvgIpc) is 2.60. The molecular weight excluding hydrogens is 362 g/mol. The number of urea groups is 1. The van der Waals surface area contributed by atoms with Crippen LogP contribution in [-0.4, -0.2) is 30.8 Å². The predicted molar refractivity (Wildman–Crippen MR) is 108 cm³/mol. The van der Waals surface area contributed by atoms with Gasteiger partial charge in [0.05, 0.1) is 5.69 Å². The Bertz CT molecular complexity index is 761. The Morgan fingerprint density at radius 1 is 0.926 bits per heavy atom. The molecule has 0 heterocycles. The second-order valence-corrected chi connectivity index (χ2v) is 7.84. The summed E-state index contributed by atoms with van der Waals surface area (Å²) >= 11 is 1.58. The smallest absolute Gasteiger partial charge is 0.407 e. The van der Waals surface area contributed by atoms with Crippen molar-refractivity contribution in [3.63, 3.8) is 0 Å². The van der Waals surface area contributed by atoms with Crippen LogP contribution in [0.15, 0.2) is 64.4 Å². The Hall–Kier alpha value is -2.67. The molecule has 0 fully saturated rings. The third-order valence-electron chi connectivity index (χ3n) is 3.19. The molecule has 0 unspecified atom stereocenters. The zero-order valence-corrected chi connectivity index (χ0v) is 16.6. The van der Waals surface area contributed by atoms with E-state index >= 15 is 0 Å². The van der Waals surface area contributed by atoms with Gasteiger partial charge in [0.1, 0.15) is 5.60 Å². The normalized spacial score (nSPS) is 10.8. The molecule has 2 aromatic rings. The maximum absolute atomic E-state index is 12.1. The predicted octanol–water partition coefficient (Wildman–Crippen LogP) is 4.48. The SMILES string of the molecule is CC(C)(C)OC(=O)NCCNC(=O)Nc1ccccc1Sc1ccccc1. The highest BCUT2D eigenvalue weighted by molar-refractivity contribution is 7.99. The molecule has 0 aromatic heterocycles. The van der Waals surface area contributed by atoms with Crippen LogP contribution in [0, 0.1) is 0 Å². The van der Waals surface area contributed by atoms with Crippen molar-refractivity contribution in [1.29, 1.82) is 0 Å². The summed E-state index contributed by atoms with van der Waals surface area (Å²) in [6, 6.07) is 17.2. The Kier molecular flexibility index (Phi) is 7.55. The first kappa shape index (κ1) is 20.6. The Morgan fingerprint density at radius 3 is 2.26 bits per heavy atom. The molecule has 144 valence electrons. The summed E-state index contributed by atoms with van der Waals surface area (Å²) < 4.78 is 5.13. The molecule has 0 radical (unpaired) electrons. The molecule has 0 bridgehead atoms. The summed E-state index contributed by atoms with van der Waals surface area (Å²) in [5, 5.41) is 8.15. The van der Waals surface area contributed by atoms with Crippen molar-refractivity contribution in [2.24, 2.45) is 0 Å². The summed E-state index contributed by atoms with van der Waals surface area (Å²) in [7, 11) is 0. The van der Waals surface area contributed by atoms with E-state index in [4.69, 9.17) is 4.74 Å². The maximum atomic E-state index is 12.1. The van der Waals surface area contributed by atoms with E-state index in [0.717, 1.165) is 15.5 Å². The van der Waals surface area contributed by atoms with Crippen LogP contribution in [0.25, 0.3) is 0 Å². The Morgan fingerprint density at radius 2 is 1.56 bits per heavy atom. The van der Waals surface area contributed by atoms with Gasteiger partial charge < -0.3 is 20.7 Å². The molecule has 0 saturated heterocycles. The number of hydrogen-bond acceptors (Lipinski definition) is 4. The molecule has 6 nitrogen and oxygen atoms in total. The molecule has 0 spiro atoms. The zero-order valence-electron chi connectivity index (χ0n) is 15.7. The summed E-state index contributed by atoms with van der Waals surface area (Å²) in [6.45, 7) is 5.96. The quantitative estimate of drug-likeness (QED) is 0.638. The van der Waals surface area contributed by atoms with Crippen molar-refractivity contribution in [2.45, 2.75) is 36.2 Å². The first-order chi connectivity index (χ1) is 12.8. The fraction of sp³-hybridized carbons (Fsp3) is 0.300. The number of nitrogens with one attached hydrogen (secondary N) is 3. The molecular formula is C20H25N3O3S. The van der Waals surface area contributed by atoms with Gasteiger partial charge in [-0.2, -0.15) is 0 Å². The highest BCUT2D eigenvalue weighted by Gasteiger charge is 2.15. The second kappa shape index (κ2) is 9.87. The molecule has 3 amide bonds. The number of para-hydroxylation sites is 1. The number of hydrogen-bond donors (Lipinski definition) is 3. The lowest BCUT2D eigenvalue weighted by Gasteiger charge is -2.19. The summed E-state index contributed by atoms with van der Waals surface area (Å²) in [5.41, 5.74) is 0.179. The summed E-state index contributed by atoms with van der Waals surface area (Å²) in [6.07, 6.45) is -0.505. The third-order valence-corrected chi connectivity index (χ3v) is 4.27. The van der Waals surface area contributed by atoms with Gasteiger partial charge in [-0.05, 0) is 45.0 Å². The summed E-state index contributed by atoms with van der Waals surface area (Å²) in [5.74, 6) is 0. The van der Waals surface area contributed by atoms with Crippen molar-refractivity contribution in [2.75, 3.05) is 18.4 Å². The van der Waals surface area contributed by atoms with Gasteiger partial charge in [0, 0.05) is 22.9 Å². The minimum Gasteiger partial charge on any atom is -0.444 e. The lowest BCUT2D eigenvalue weighted by molar-refractivity contribution is 0.0528. The van der Waals surface area contributed by atoms with Gasteiger partial charge in [-0.3, -0.25) is 0 Å². The van der Waals surface area contributed by atoms with Crippen molar-refractivity contribution < 1.29 is 14.3 Å². The Balaban J connectivity index is 1.80. The van der Waals surface area contributed by atoms with E-state index in [1.165, 1.54) is 0 Å². The molecule has 2 aromatic carbocycles. The maximum Gasteiger partial charge on any atom is 0.407 e. The molecule has 0 atom stereocenters. The minimum atomic E-state index is -0.547. The monoisotopic (exact) mass is 387 g/mol. The average molecular weight is 388 g/mol. The standard InChI is InChI=1S/C20H25N3O3S/c1-20(2,3)26-19(25)22-14-13-21-18(24)23-16-11-7-8-12-17(16)27-15-9-5-4-6-10-15/h4-12H,13-14H2,1-3H3,(H,22,25)(H2,21,23,24). The summed E-state index contributed by atoms with van der Waals surface area (Å²) in [4.78, 5) is 25.7. The number of rotatable bonds is 6. The fourth-order valence-electron chi connectivity index (χ4n) is 2.10. The van der Waals surface area contributed by atoms with E-state index in [0.29, 0.717) is 6.54 Å². The van der Waals surface area contributed by atoms with Crippen LogP contribution < -0.4 is 16.0 Å². The number of anilines is 1. The minimum absolute atomic E-state index is 0.281. The van der Waals surface area contributed by atoms with Gasteiger partial charge in [0.15, 0.2) is 0 Å². The number of carbonyl (C=O) groups excluding carboxylic acids is 2. The van der Waals surface area contributed by atoms with Crippen molar-refractivity contribution in [3.05, 3.63) is 54.6 Å². The topological polar surface area (TPSA) is 79.5 Å². The van der Waals surface area contributed by atoms with E-state index in [1.807, 2.05) is 54.6 Å². The highest BCUT2D eigenvalue weighted by Crippen LogP contribution is 2.33. The second-order valence-electron chi connectivity index (χ2n) is 6.72. The molecule has 7 heteroatoms. The van der Waals surface area contributed by atoms with Gasteiger partial charge in [-0.25, -0.2) is 9.59 Å². The lowest BCUT2D eigenvalue weighted by Crippen LogP contribution is -2.39. The van der Waals surface area contributed by atoms with E-state index in [9.17, 15) is 9.59 Å². The van der Waals surface area contributed by atoms with Gasteiger partial charge in [0.25, 0.3) is 0 Å². The van der Waals surface area contributed by atoms with Crippen LogP contribution in [0.3, 0.4) is 0 Å². The molecule has 0 aliphatic carbocycles. The first-order valence-corrected chi connectivity index (χ1v) is 9.49. The van der Waals surface area contributed by atoms with Gasteiger partial charge >= 0.3 is 12.1 Å². The van der Waals surface area contributed by atoms with Gasteiger partial charge in [-0.15, -0.1) is 0 Å². The van der Waals surface area contributed by atoms with Crippen LogP contribution in [0.2, 0.25) is 0 Å². The number of alkyl carbamates (subject to hydrolysis) is 1. The van der Waals surface area contributed by atoms with E-state index < -0.39 is 11.7 Å².